The van der Waals surface area contributed by atoms with Gasteiger partial charge in [-0.1, -0.05) is 140 Å². The fourth-order valence-corrected chi connectivity index (χ4v) is 8.19. The second kappa shape index (κ2) is 12.1. The highest BCUT2D eigenvalue weighted by Crippen LogP contribution is 2.44. The number of rotatable bonds is 5. The maximum absolute atomic E-state index is 5.30. The van der Waals surface area contributed by atoms with Gasteiger partial charge in [0, 0.05) is 58.6 Å². The van der Waals surface area contributed by atoms with Crippen LogP contribution in [0.2, 0.25) is 0 Å². The van der Waals surface area contributed by atoms with E-state index in [0.29, 0.717) is 17.5 Å². The summed E-state index contributed by atoms with van der Waals surface area (Å²) in [6, 6.07) is 59.1. The van der Waals surface area contributed by atoms with E-state index in [0.717, 1.165) is 55.4 Å². The van der Waals surface area contributed by atoms with Crippen LogP contribution in [0.4, 0.5) is 0 Å². The third-order valence-corrected chi connectivity index (χ3v) is 10.6. The van der Waals surface area contributed by atoms with Crippen LogP contribution in [0, 0.1) is 0 Å². The Bertz CT molecular complexity index is 2840. The number of fused-ring (bicyclic) bond motifs is 7. The van der Waals surface area contributed by atoms with Gasteiger partial charge in [-0.2, -0.15) is 0 Å². The van der Waals surface area contributed by atoms with E-state index in [-0.39, 0.29) is 0 Å². The molecule has 0 saturated heterocycles. The molecule has 0 aliphatic rings. The number of pyridine rings is 1. The minimum atomic E-state index is 0.636. The molecule has 51 heavy (non-hydrogen) atoms. The van der Waals surface area contributed by atoms with Crippen molar-refractivity contribution >= 4 is 53.2 Å². The van der Waals surface area contributed by atoms with Crippen molar-refractivity contribution in [1.82, 2.24) is 19.9 Å². The summed E-state index contributed by atoms with van der Waals surface area (Å²) in [5.41, 5.74) is 8.11. The van der Waals surface area contributed by atoms with E-state index in [1.54, 1.807) is 0 Å². The van der Waals surface area contributed by atoms with E-state index in [2.05, 4.69) is 109 Å². The molecule has 0 fully saturated rings. The normalized spacial score (nSPS) is 11.5. The van der Waals surface area contributed by atoms with Crippen LogP contribution in [-0.4, -0.2) is 19.9 Å². The second-order valence-corrected chi connectivity index (χ2v) is 13.7. The van der Waals surface area contributed by atoms with Gasteiger partial charge in [-0.3, -0.25) is 0 Å². The quantitative estimate of drug-likeness (QED) is 0.171. The van der Waals surface area contributed by atoms with E-state index in [4.69, 9.17) is 19.9 Å². The predicted octanol–water partition coefficient (Wildman–Crippen LogP) is 12.3. The topological polar surface area (TPSA) is 51.6 Å². The zero-order valence-corrected chi connectivity index (χ0v) is 28.2. The SMILES string of the molecule is c1ccc(-c2nc(-c3ccccc3)nc(-c3cccc(-c4ccc5nc(-c6ccccc6)c6ccc7sc8ccccc8c7c6c5c4)c3)n2)cc1. The molecule has 5 heteroatoms. The Balaban J connectivity index is 1.18. The third kappa shape index (κ3) is 5.14. The highest BCUT2D eigenvalue weighted by Gasteiger charge is 2.18. The first kappa shape index (κ1) is 29.4. The Hall–Kier alpha value is -6.56. The second-order valence-electron chi connectivity index (χ2n) is 12.6. The van der Waals surface area contributed by atoms with E-state index in [9.17, 15) is 0 Å². The van der Waals surface area contributed by atoms with E-state index < -0.39 is 0 Å². The lowest BCUT2D eigenvalue weighted by Crippen LogP contribution is -2.00. The van der Waals surface area contributed by atoms with Gasteiger partial charge in [-0.05, 0) is 41.5 Å². The Kier molecular flexibility index (Phi) is 6.96. The fourth-order valence-electron chi connectivity index (χ4n) is 7.08. The Morgan fingerprint density at radius 1 is 0.314 bits per heavy atom. The molecule has 238 valence electrons. The molecule has 10 aromatic rings. The Labute approximate surface area is 298 Å². The summed E-state index contributed by atoms with van der Waals surface area (Å²) in [4.78, 5) is 20.2. The maximum Gasteiger partial charge on any atom is 0.164 e. The number of thiophene rings is 1. The molecular weight excluding hydrogens is 641 g/mol. The zero-order valence-electron chi connectivity index (χ0n) is 27.4. The number of nitrogens with zero attached hydrogens (tertiary/aromatic N) is 4. The van der Waals surface area contributed by atoms with Crippen molar-refractivity contribution in [2.24, 2.45) is 0 Å². The molecule has 0 spiro atoms. The van der Waals surface area contributed by atoms with Gasteiger partial charge in [0.2, 0.25) is 0 Å². The van der Waals surface area contributed by atoms with Crippen molar-refractivity contribution in [3.05, 3.63) is 170 Å². The van der Waals surface area contributed by atoms with Gasteiger partial charge in [-0.15, -0.1) is 11.3 Å². The van der Waals surface area contributed by atoms with Crippen molar-refractivity contribution in [3.8, 4) is 56.5 Å². The van der Waals surface area contributed by atoms with Crippen molar-refractivity contribution in [2.45, 2.75) is 0 Å². The van der Waals surface area contributed by atoms with Crippen LogP contribution in [0.3, 0.4) is 0 Å². The highest BCUT2D eigenvalue weighted by atomic mass is 32.1. The average Bonchev–Trinajstić information content (AvgIpc) is 3.60. The fraction of sp³-hybridized carbons (Fsp3) is 0. The van der Waals surface area contributed by atoms with E-state index in [1.165, 1.54) is 25.6 Å². The lowest BCUT2D eigenvalue weighted by Gasteiger charge is -2.13. The molecule has 0 atom stereocenters. The van der Waals surface area contributed by atoms with Gasteiger partial charge in [0.15, 0.2) is 17.5 Å². The van der Waals surface area contributed by atoms with Gasteiger partial charge < -0.3 is 0 Å². The molecule has 0 aliphatic carbocycles. The molecule has 4 nitrogen and oxygen atoms in total. The molecule has 3 heterocycles. The van der Waals surface area contributed by atoms with Crippen LogP contribution in [0.1, 0.15) is 0 Å². The van der Waals surface area contributed by atoms with Gasteiger partial charge in [0.1, 0.15) is 0 Å². The van der Waals surface area contributed by atoms with Crippen molar-refractivity contribution < 1.29 is 0 Å². The van der Waals surface area contributed by atoms with Crippen molar-refractivity contribution in [3.63, 3.8) is 0 Å². The maximum atomic E-state index is 5.30. The lowest BCUT2D eigenvalue weighted by molar-refractivity contribution is 1.07. The number of hydrogen-bond donors (Lipinski definition) is 0. The highest BCUT2D eigenvalue weighted by molar-refractivity contribution is 7.26. The monoisotopic (exact) mass is 668 g/mol. The van der Waals surface area contributed by atoms with E-state index in [1.807, 2.05) is 72.0 Å². The molecule has 0 bridgehead atoms. The van der Waals surface area contributed by atoms with Gasteiger partial charge >= 0.3 is 0 Å². The molecule has 0 unspecified atom stereocenters. The smallest absolute Gasteiger partial charge is 0.164 e. The number of benzene rings is 7. The molecule has 0 N–H and O–H groups in total. The summed E-state index contributed by atoms with van der Waals surface area (Å²) < 4.78 is 2.57. The molecule has 7 aromatic carbocycles. The number of aromatic nitrogens is 4. The molecule has 3 aromatic heterocycles. The van der Waals surface area contributed by atoms with Crippen LogP contribution < -0.4 is 0 Å². The number of hydrogen-bond acceptors (Lipinski definition) is 5. The summed E-state index contributed by atoms with van der Waals surface area (Å²) >= 11 is 1.85. The third-order valence-electron chi connectivity index (χ3n) is 9.50. The minimum Gasteiger partial charge on any atom is -0.247 e. The van der Waals surface area contributed by atoms with Crippen LogP contribution >= 0.6 is 11.3 Å². The van der Waals surface area contributed by atoms with Gasteiger partial charge in [-0.25, -0.2) is 19.9 Å². The first-order chi connectivity index (χ1) is 25.3. The summed E-state index contributed by atoms with van der Waals surface area (Å²) in [5, 5.41) is 6.10. The van der Waals surface area contributed by atoms with Gasteiger partial charge in [0.25, 0.3) is 0 Å². The Morgan fingerprint density at radius 2 is 0.882 bits per heavy atom. The Morgan fingerprint density at radius 3 is 1.59 bits per heavy atom. The summed E-state index contributed by atoms with van der Waals surface area (Å²) in [7, 11) is 0. The average molecular weight is 669 g/mol. The zero-order chi connectivity index (χ0) is 33.7. The first-order valence-electron chi connectivity index (χ1n) is 17.0. The van der Waals surface area contributed by atoms with Crippen molar-refractivity contribution in [1.29, 1.82) is 0 Å². The van der Waals surface area contributed by atoms with Crippen molar-refractivity contribution in [2.75, 3.05) is 0 Å². The summed E-state index contributed by atoms with van der Waals surface area (Å²) in [5.74, 6) is 1.93. The standard InChI is InChI=1S/C46H28N4S/c1-4-13-29(14-5-1)43-36-24-26-40-42(35-21-10-11-22-39(35)51-40)41(36)37-28-33(23-25-38(37)47-43)32-19-12-20-34(27-32)46-49-44(30-15-6-2-7-16-30)48-45(50-46)31-17-8-3-9-18-31/h1-28H. The van der Waals surface area contributed by atoms with E-state index >= 15 is 0 Å². The lowest BCUT2D eigenvalue weighted by atomic mass is 9.94. The summed E-state index contributed by atoms with van der Waals surface area (Å²) in [6.45, 7) is 0. The summed E-state index contributed by atoms with van der Waals surface area (Å²) in [6.07, 6.45) is 0. The molecule has 0 saturated carbocycles. The first-order valence-corrected chi connectivity index (χ1v) is 17.8. The molecular formula is C46H28N4S. The van der Waals surface area contributed by atoms with Crippen LogP contribution in [0.25, 0.3) is 98.4 Å². The molecule has 0 radical (unpaired) electrons. The van der Waals surface area contributed by atoms with Crippen LogP contribution in [0.15, 0.2) is 170 Å². The molecule has 0 amide bonds. The van der Waals surface area contributed by atoms with Crippen LogP contribution in [0.5, 0.6) is 0 Å². The predicted molar refractivity (Wildman–Crippen MR) is 213 cm³/mol. The molecule has 10 rings (SSSR count). The van der Waals surface area contributed by atoms with Gasteiger partial charge in [0.05, 0.1) is 11.2 Å². The van der Waals surface area contributed by atoms with Crippen LogP contribution in [-0.2, 0) is 0 Å². The minimum absolute atomic E-state index is 0.636. The molecule has 0 aliphatic heterocycles. The largest absolute Gasteiger partial charge is 0.247 e.